The van der Waals surface area contributed by atoms with Crippen molar-refractivity contribution in [3.05, 3.63) is 16.4 Å². The zero-order valence-electron chi connectivity index (χ0n) is 12.8. The van der Waals surface area contributed by atoms with Crippen LogP contribution in [0.2, 0.25) is 0 Å². The normalized spacial score (nSPS) is 11.5. The molecule has 0 aliphatic carbocycles. The smallest absolute Gasteiger partial charge is 0.265 e. The largest absolute Gasteiger partial charge is 0.341 e. The Morgan fingerprint density at radius 2 is 2.10 bits per heavy atom. The summed E-state index contributed by atoms with van der Waals surface area (Å²) in [5, 5.41) is 8.40. The molecule has 5 nitrogen and oxygen atoms in total. The van der Waals surface area contributed by atoms with E-state index >= 15 is 0 Å². The molecule has 0 radical (unpaired) electrons. The topological polar surface area (TPSA) is 50.5 Å². The summed E-state index contributed by atoms with van der Waals surface area (Å²) in [4.78, 5) is 15.9. The molecule has 2 heterocycles. The fourth-order valence-electron chi connectivity index (χ4n) is 2.17. The van der Waals surface area contributed by atoms with E-state index in [1.165, 1.54) is 11.3 Å². The first-order valence-corrected chi connectivity index (χ1v) is 7.88. The maximum absolute atomic E-state index is 12.5. The highest BCUT2D eigenvalue weighted by molar-refractivity contribution is 7.19. The predicted octanol–water partition coefficient (Wildman–Crippen LogP) is 3.09. The summed E-state index contributed by atoms with van der Waals surface area (Å²) >= 11 is 1.43. The molecule has 20 heavy (non-hydrogen) atoms. The van der Waals surface area contributed by atoms with E-state index in [1.807, 2.05) is 18.4 Å². The third kappa shape index (κ3) is 2.57. The second kappa shape index (κ2) is 5.91. The Balaban J connectivity index is 2.36. The zero-order valence-corrected chi connectivity index (χ0v) is 13.6. The standard InChI is InChI=1S/C14H22N4OS/c1-6-7-8-17(5)13(19)11-10(4)18-12(9(2)3)15-16-14(18)20-11/h9H,6-8H2,1-5H3. The minimum atomic E-state index is 0.0844. The summed E-state index contributed by atoms with van der Waals surface area (Å²) in [6.45, 7) is 9.07. The Labute approximate surface area is 123 Å². The van der Waals surface area contributed by atoms with Crippen LogP contribution >= 0.6 is 11.3 Å². The summed E-state index contributed by atoms with van der Waals surface area (Å²) in [6, 6.07) is 0. The second-order valence-electron chi connectivity index (χ2n) is 5.43. The average molecular weight is 294 g/mol. The number of fused-ring (bicyclic) bond motifs is 1. The predicted molar refractivity (Wildman–Crippen MR) is 81.6 cm³/mol. The molecule has 0 aliphatic rings. The van der Waals surface area contributed by atoms with E-state index in [-0.39, 0.29) is 5.91 Å². The van der Waals surface area contributed by atoms with Crippen LogP contribution in [0.3, 0.4) is 0 Å². The maximum Gasteiger partial charge on any atom is 0.265 e. The Morgan fingerprint density at radius 1 is 1.40 bits per heavy atom. The van der Waals surface area contributed by atoms with Gasteiger partial charge in [0.15, 0.2) is 0 Å². The zero-order chi connectivity index (χ0) is 14.9. The van der Waals surface area contributed by atoms with Crippen LogP contribution in [0.25, 0.3) is 4.96 Å². The van der Waals surface area contributed by atoms with E-state index in [1.54, 1.807) is 4.90 Å². The van der Waals surface area contributed by atoms with Crippen molar-refractivity contribution >= 4 is 22.2 Å². The summed E-state index contributed by atoms with van der Waals surface area (Å²) in [5.74, 6) is 1.30. The molecule has 0 fully saturated rings. The van der Waals surface area contributed by atoms with Crippen molar-refractivity contribution in [2.75, 3.05) is 13.6 Å². The van der Waals surface area contributed by atoms with Crippen LogP contribution in [-0.2, 0) is 0 Å². The molecule has 2 aromatic heterocycles. The monoisotopic (exact) mass is 294 g/mol. The molecular weight excluding hydrogens is 272 g/mol. The fraction of sp³-hybridized carbons (Fsp3) is 0.643. The van der Waals surface area contributed by atoms with Gasteiger partial charge in [0.1, 0.15) is 10.7 Å². The maximum atomic E-state index is 12.5. The lowest BCUT2D eigenvalue weighted by Gasteiger charge is -2.16. The van der Waals surface area contributed by atoms with Crippen molar-refractivity contribution in [2.45, 2.75) is 46.5 Å². The third-order valence-electron chi connectivity index (χ3n) is 3.42. The van der Waals surface area contributed by atoms with Crippen LogP contribution in [0.1, 0.15) is 60.7 Å². The van der Waals surface area contributed by atoms with Crippen LogP contribution < -0.4 is 0 Å². The Hall–Kier alpha value is -1.43. The van der Waals surface area contributed by atoms with Crippen LogP contribution in [0, 0.1) is 6.92 Å². The van der Waals surface area contributed by atoms with Gasteiger partial charge in [-0.2, -0.15) is 0 Å². The molecule has 0 spiro atoms. The van der Waals surface area contributed by atoms with Gasteiger partial charge >= 0.3 is 0 Å². The number of aryl methyl sites for hydroxylation is 1. The first kappa shape index (κ1) is 15.0. The second-order valence-corrected chi connectivity index (χ2v) is 6.41. The molecule has 6 heteroatoms. The van der Waals surface area contributed by atoms with Gasteiger partial charge < -0.3 is 4.90 Å². The molecule has 0 bridgehead atoms. The quantitative estimate of drug-likeness (QED) is 0.851. The van der Waals surface area contributed by atoms with Crippen LogP contribution in [0.4, 0.5) is 0 Å². The van der Waals surface area contributed by atoms with Gasteiger partial charge in [-0.1, -0.05) is 38.5 Å². The van der Waals surface area contributed by atoms with Crippen LogP contribution in [-0.4, -0.2) is 39.0 Å². The number of hydrogen-bond donors (Lipinski definition) is 0. The van der Waals surface area contributed by atoms with Gasteiger partial charge in [0.2, 0.25) is 4.96 Å². The van der Waals surface area contributed by atoms with Crippen LogP contribution in [0.5, 0.6) is 0 Å². The molecule has 1 amide bonds. The molecule has 110 valence electrons. The number of amides is 1. The van der Waals surface area contributed by atoms with Crippen molar-refractivity contribution < 1.29 is 4.79 Å². The number of thiazole rings is 1. The highest BCUT2D eigenvalue weighted by Crippen LogP contribution is 2.26. The van der Waals surface area contributed by atoms with Crippen molar-refractivity contribution in [1.82, 2.24) is 19.5 Å². The first-order valence-electron chi connectivity index (χ1n) is 7.07. The lowest BCUT2D eigenvalue weighted by Crippen LogP contribution is -2.27. The SMILES string of the molecule is CCCCN(C)C(=O)c1sc2nnc(C(C)C)n2c1C. The molecule has 2 rings (SSSR count). The van der Waals surface area contributed by atoms with Crippen molar-refractivity contribution in [2.24, 2.45) is 0 Å². The number of nitrogens with zero attached hydrogens (tertiary/aromatic N) is 4. The van der Waals surface area contributed by atoms with Gasteiger partial charge in [-0.15, -0.1) is 10.2 Å². The van der Waals surface area contributed by atoms with Crippen molar-refractivity contribution in [3.63, 3.8) is 0 Å². The minimum Gasteiger partial charge on any atom is -0.341 e. The molecule has 0 aliphatic heterocycles. The molecule has 0 aromatic carbocycles. The number of aromatic nitrogens is 3. The number of rotatable bonds is 5. The molecule has 0 atom stereocenters. The molecule has 0 unspecified atom stereocenters. The van der Waals surface area contributed by atoms with Gasteiger partial charge in [-0.25, -0.2) is 0 Å². The van der Waals surface area contributed by atoms with E-state index in [0.717, 1.165) is 40.7 Å². The van der Waals surface area contributed by atoms with E-state index in [4.69, 9.17) is 0 Å². The van der Waals surface area contributed by atoms with Gasteiger partial charge in [0.05, 0.1) is 0 Å². The van der Waals surface area contributed by atoms with Gasteiger partial charge in [0.25, 0.3) is 5.91 Å². The molecule has 0 saturated heterocycles. The Bertz CT molecular complexity index is 614. The molecule has 2 aromatic rings. The van der Waals surface area contributed by atoms with Crippen LogP contribution in [0.15, 0.2) is 0 Å². The Kier molecular flexibility index (Phi) is 4.42. The molecule has 0 N–H and O–H groups in total. The number of hydrogen-bond acceptors (Lipinski definition) is 4. The lowest BCUT2D eigenvalue weighted by molar-refractivity contribution is 0.0797. The molecular formula is C14H22N4OS. The van der Waals surface area contributed by atoms with Gasteiger partial charge in [0, 0.05) is 25.2 Å². The van der Waals surface area contributed by atoms with Gasteiger partial charge in [-0.3, -0.25) is 9.20 Å². The minimum absolute atomic E-state index is 0.0844. The Morgan fingerprint density at radius 3 is 2.70 bits per heavy atom. The number of carbonyl (C=O) groups excluding carboxylic acids is 1. The van der Waals surface area contributed by atoms with E-state index in [0.29, 0.717) is 5.92 Å². The molecule has 0 saturated carbocycles. The van der Waals surface area contributed by atoms with E-state index in [2.05, 4.69) is 31.0 Å². The van der Waals surface area contributed by atoms with E-state index < -0.39 is 0 Å². The van der Waals surface area contributed by atoms with Crippen molar-refractivity contribution in [3.8, 4) is 0 Å². The highest BCUT2D eigenvalue weighted by atomic mass is 32.1. The highest BCUT2D eigenvalue weighted by Gasteiger charge is 2.22. The summed E-state index contributed by atoms with van der Waals surface area (Å²) in [7, 11) is 1.86. The number of unbranched alkanes of at least 4 members (excludes halogenated alkanes) is 1. The van der Waals surface area contributed by atoms with E-state index in [9.17, 15) is 4.79 Å². The fourth-order valence-corrected chi connectivity index (χ4v) is 3.24. The lowest BCUT2D eigenvalue weighted by atomic mass is 10.2. The summed E-state index contributed by atoms with van der Waals surface area (Å²) < 4.78 is 2.01. The van der Waals surface area contributed by atoms with Gasteiger partial charge in [-0.05, 0) is 13.3 Å². The van der Waals surface area contributed by atoms with Crippen molar-refractivity contribution in [1.29, 1.82) is 0 Å². The first-order chi connectivity index (χ1) is 9.47. The summed E-state index contributed by atoms with van der Waals surface area (Å²) in [6.07, 6.45) is 2.12. The summed E-state index contributed by atoms with van der Waals surface area (Å²) in [5.41, 5.74) is 0.951. The third-order valence-corrected chi connectivity index (χ3v) is 4.54. The average Bonchev–Trinajstić information content (AvgIpc) is 2.96. The number of carbonyl (C=O) groups is 1.